The van der Waals surface area contributed by atoms with E-state index in [9.17, 15) is 4.79 Å². The van der Waals surface area contributed by atoms with E-state index in [0.29, 0.717) is 10.0 Å². The van der Waals surface area contributed by atoms with Gasteiger partial charge >= 0.3 is 0 Å². The van der Waals surface area contributed by atoms with Gasteiger partial charge in [-0.2, -0.15) is 0 Å². The summed E-state index contributed by atoms with van der Waals surface area (Å²) in [6.07, 6.45) is -0.318. The van der Waals surface area contributed by atoms with Crippen molar-refractivity contribution in [1.82, 2.24) is 0 Å². The lowest BCUT2D eigenvalue weighted by atomic mass is 9.92. The fourth-order valence-corrected chi connectivity index (χ4v) is 3.67. The van der Waals surface area contributed by atoms with Gasteiger partial charge in [0.25, 0.3) is 5.91 Å². The Hall–Kier alpha value is -2.33. The lowest BCUT2D eigenvalue weighted by Crippen LogP contribution is -2.45. The van der Waals surface area contributed by atoms with Crippen LogP contribution in [0.4, 0.5) is 5.69 Å². The van der Waals surface area contributed by atoms with Gasteiger partial charge in [-0.05, 0) is 47.5 Å². The van der Waals surface area contributed by atoms with E-state index in [1.807, 2.05) is 83.8 Å². The largest absolute Gasteiger partial charge is 0.361 e. The number of anilines is 1. The molecular weight excluding hydrogens is 381 g/mol. The van der Waals surface area contributed by atoms with Crippen molar-refractivity contribution in [1.29, 1.82) is 0 Å². The highest BCUT2D eigenvalue weighted by Gasteiger charge is 2.39. The molecule has 1 aliphatic heterocycles. The average Bonchev–Trinajstić information content (AvgIpc) is 2.70. The lowest BCUT2D eigenvalue weighted by Gasteiger charge is -2.41. The first-order valence-corrected chi connectivity index (χ1v) is 9.39. The summed E-state index contributed by atoms with van der Waals surface area (Å²) >= 11 is 12.1. The number of nitrogens with zero attached hydrogens (tertiary/aromatic N) is 1. The third-order valence-electron chi connectivity index (χ3n) is 4.66. The molecule has 3 aromatic carbocycles. The van der Waals surface area contributed by atoms with Crippen LogP contribution in [0.1, 0.15) is 23.3 Å². The van der Waals surface area contributed by atoms with E-state index in [1.165, 1.54) is 0 Å². The zero-order chi connectivity index (χ0) is 18.8. The average molecular weight is 398 g/mol. The summed E-state index contributed by atoms with van der Waals surface area (Å²) in [7, 11) is 0. The monoisotopic (exact) mass is 397 g/mol. The van der Waals surface area contributed by atoms with E-state index in [4.69, 9.17) is 27.9 Å². The quantitative estimate of drug-likeness (QED) is 0.555. The number of ether oxygens (including phenoxy) is 1. The van der Waals surface area contributed by atoms with E-state index in [2.05, 4.69) is 0 Å². The molecule has 1 amide bonds. The first kappa shape index (κ1) is 18.1. The molecule has 4 rings (SSSR count). The highest BCUT2D eigenvalue weighted by molar-refractivity contribution is 6.30. The number of halogens is 2. The van der Waals surface area contributed by atoms with Crippen molar-refractivity contribution in [3.05, 3.63) is 100 Å². The molecule has 0 aliphatic carbocycles. The van der Waals surface area contributed by atoms with E-state index >= 15 is 0 Å². The maximum Gasteiger partial charge on any atom is 0.253 e. The van der Waals surface area contributed by atoms with Crippen molar-refractivity contribution in [2.75, 3.05) is 11.5 Å². The molecule has 0 saturated carbocycles. The second kappa shape index (κ2) is 7.73. The molecule has 3 aromatic rings. The first-order valence-electron chi connectivity index (χ1n) is 8.63. The zero-order valence-electron chi connectivity index (χ0n) is 14.4. The molecule has 0 spiro atoms. The lowest BCUT2D eigenvalue weighted by molar-refractivity contribution is -0.132. The Balaban J connectivity index is 1.83. The van der Waals surface area contributed by atoms with Crippen LogP contribution in [0.3, 0.4) is 0 Å². The molecule has 1 heterocycles. The number of para-hydroxylation sites is 1. The van der Waals surface area contributed by atoms with Crippen LogP contribution >= 0.6 is 23.2 Å². The van der Waals surface area contributed by atoms with Crippen LogP contribution < -0.4 is 4.90 Å². The highest BCUT2D eigenvalue weighted by atomic mass is 35.5. The fraction of sp³-hybridized carbons (Fsp3) is 0.136. The Kier molecular flexibility index (Phi) is 5.17. The predicted octanol–water partition coefficient (Wildman–Crippen LogP) is 5.84. The summed E-state index contributed by atoms with van der Waals surface area (Å²) in [5.41, 5.74) is 2.76. The highest BCUT2D eigenvalue weighted by Crippen LogP contribution is 2.42. The fourth-order valence-electron chi connectivity index (χ4n) is 3.42. The molecular formula is C22H17Cl2NO2. The van der Waals surface area contributed by atoms with Gasteiger partial charge in [0.2, 0.25) is 0 Å². The number of benzene rings is 3. The summed E-state index contributed by atoms with van der Waals surface area (Å²) < 4.78 is 6.00. The zero-order valence-corrected chi connectivity index (χ0v) is 15.9. The number of hydrogen-bond acceptors (Lipinski definition) is 2. The molecule has 136 valence electrons. The summed E-state index contributed by atoms with van der Waals surface area (Å²) in [5.74, 6) is -0.0774. The van der Waals surface area contributed by atoms with Crippen LogP contribution in [-0.4, -0.2) is 12.5 Å². The number of amides is 1. The topological polar surface area (TPSA) is 29.5 Å². The van der Waals surface area contributed by atoms with Gasteiger partial charge < -0.3 is 4.74 Å². The molecule has 0 aromatic heterocycles. The maximum absolute atomic E-state index is 12.8. The minimum absolute atomic E-state index is 0.0201. The number of hydrogen-bond donors (Lipinski definition) is 0. The van der Waals surface area contributed by atoms with E-state index < -0.39 is 0 Å². The van der Waals surface area contributed by atoms with Gasteiger partial charge in [-0.15, -0.1) is 0 Å². The molecule has 2 atom stereocenters. The smallest absolute Gasteiger partial charge is 0.253 e. The van der Waals surface area contributed by atoms with E-state index in [1.54, 1.807) is 0 Å². The van der Waals surface area contributed by atoms with Crippen LogP contribution in [0.15, 0.2) is 78.9 Å². The minimum atomic E-state index is -0.318. The Morgan fingerprint density at radius 1 is 0.778 bits per heavy atom. The summed E-state index contributed by atoms with van der Waals surface area (Å²) in [4.78, 5) is 14.6. The van der Waals surface area contributed by atoms with Crippen LogP contribution in [-0.2, 0) is 9.53 Å². The van der Waals surface area contributed by atoms with Crippen LogP contribution in [0.2, 0.25) is 10.0 Å². The van der Waals surface area contributed by atoms with Crippen LogP contribution in [0.25, 0.3) is 0 Å². The Bertz CT molecular complexity index is 927. The van der Waals surface area contributed by atoms with Crippen molar-refractivity contribution < 1.29 is 9.53 Å². The molecule has 27 heavy (non-hydrogen) atoms. The van der Waals surface area contributed by atoms with Crippen LogP contribution in [0.5, 0.6) is 0 Å². The predicted molar refractivity (Wildman–Crippen MR) is 108 cm³/mol. The van der Waals surface area contributed by atoms with Gasteiger partial charge in [0.05, 0.1) is 6.04 Å². The normalized spacial score (nSPS) is 19.9. The third-order valence-corrected chi connectivity index (χ3v) is 5.17. The van der Waals surface area contributed by atoms with Gasteiger partial charge in [0.15, 0.2) is 0 Å². The molecule has 1 saturated heterocycles. The Labute approximate surface area is 168 Å². The third kappa shape index (κ3) is 3.72. The summed E-state index contributed by atoms with van der Waals surface area (Å²) in [6, 6.07) is 24.4. The van der Waals surface area contributed by atoms with Crippen molar-refractivity contribution >= 4 is 34.8 Å². The Morgan fingerprint density at radius 3 is 1.93 bits per heavy atom. The molecule has 0 unspecified atom stereocenters. The van der Waals surface area contributed by atoms with Gasteiger partial charge in [-0.25, -0.2) is 0 Å². The molecule has 0 N–H and O–H groups in total. The van der Waals surface area contributed by atoms with E-state index in [0.717, 1.165) is 16.8 Å². The van der Waals surface area contributed by atoms with Crippen molar-refractivity contribution in [3.8, 4) is 0 Å². The number of rotatable bonds is 3. The second-order valence-corrected chi connectivity index (χ2v) is 7.25. The molecule has 0 bridgehead atoms. The SMILES string of the molecule is O=C1CO[C@@H](c2ccc(Cl)cc2)[C@@H](c2ccc(Cl)cc2)N1c1ccccc1. The summed E-state index contributed by atoms with van der Waals surface area (Å²) in [6.45, 7) is 0.0201. The summed E-state index contributed by atoms with van der Waals surface area (Å²) in [5, 5.41) is 1.31. The molecule has 1 aliphatic rings. The number of morpholine rings is 1. The Morgan fingerprint density at radius 2 is 1.33 bits per heavy atom. The van der Waals surface area contributed by atoms with Crippen molar-refractivity contribution in [2.45, 2.75) is 12.1 Å². The van der Waals surface area contributed by atoms with Gasteiger partial charge in [0, 0.05) is 15.7 Å². The molecule has 3 nitrogen and oxygen atoms in total. The van der Waals surface area contributed by atoms with Crippen molar-refractivity contribution in [3.63, 3.8) is 0 Å². The van der Waals surface area contributed by atoms with Gasteiger partial charge in [0.1, 0.15) is 12.7 Å². The molecule has 1 fully saturated rings. The molecule has 0 radical (unpaired) electrons. The molecule has 5 heteroatoms. The van der Waals surface area contributed by atoms with Gasteiger partial charge in [-0.3, -0.25) is 9.69 Å². The minimum Gasteiger partial charge on any atom is -0.361 e. The van der Waals surface area contributed by atoms with E-state index in [-0.39, 0.29) is 24.7 Å². The van der Waals surface area contributed by atoms with Crippen molar-refractivity contribution in [2.24, 2.45) is 0 Å². The van der Waals surface area contributed by atoms with Gasteiger partial charge in [-0.1, -0.05) is 65.7 Å². The van der Waals surface area contributed by atoms with Crippen LogP contribution in [0, 0.1) is 0 Å². The second-order valence-electron chi connectivity index (χ2n) is 6.38. The number of carbonyl (C=O) groups excluding carboxylic acids is 1. The number of carbonyl (C=O) groups is 1. The first-order chi connectivity index (χ1) is 13.1. The maximum atomic E-state index is 12.8. The standard InChI is InChI=1S/C22H17Cl2NO2/c23-17-10-6-15(7-11-17)21-22(16-8-12-18(24)13-9-16)27-14-20(26)25(21)19-4-2-1-3-5-19/h1-13,21-22H,14H2/t21-,22+/m1/s1.